The van der Waals surface area contributed by atoms with Crippen LogP contribution in [0.5, 0.6) is 0 Å². The van der Waals surface area contributed by atoms with Gasteiger partial charge in [0.2, 0.25) is 0 Å². The summed E-state index contributed by atoms with van der Waals surface area (Å²) in [6, 6.07) is 2.01. The third kappa shape index (κ3) is 1.99. The fourth-order valence-corrected chi connectivity index (χ4v) is 1.61. The molecule has 1 aliphatic rings. The van der Waals surface area contributed by atoms with Gasteiger partial charge in [0.15, 0.2) is 5.60 Å². The van der Waals surface area contributed by atoms with Crippen molar-refractivity contribution < 1.29 is 9.53 Å². The number of amides is 1. The molecule has 1 heterocycles. The third-order valence-corrected chi connectivity index (χ3v) is 2.36. The summed E-state index contributed by atoms with van der Waals surface area (Å²) < 4.78 is 5.42. The zero-order valence-electron chi connectivity index (χ0n) is 7.80. The predicted octanol–water partition coefficient (Wildman–Crippen LogP) is 0.585. The summed E-state index contributed by atoms with van der Waals surface area (Å²) in [6.45, 7) is 0.578. The predicted molar refractivity (Wildman–Crippen MR) is 46.8 cm³/mol. The first kappa shape index (κ1) is 10.0. The maximum atomic E-state index is 11.5. The van der Waals surface area contributed by atoms with Gasteiger partial charge in [0.25, 0.3) is 5.91 Å². The van der Waals surface area contributed by atoms with E-state index in [-0.39, 0.29) is 12.3 Å². The number of nitrogens with one attached hydrogen (secondary N) is 1. The summed E-state index contributed by atoms with van der Waals surface area (Å²) in [5, 5.41) is 11.2. The van der Waals surface area contributed by atoms with E-state index in [0.29, 0.717) is 13.0 Å². The highest BCUT2D eigenvalue weighted by molar-refractivity contribution is 5.85. The molecular weight excluding hydrogens is 168 g/mol. The Morgan fingerprint density at radius 1 is 1.69 bits per heavy atom. The van der Waals surface area contributed by atoms with Crippen molar-refractivity contribution in [2.45, 2.75) is 31.3 Å². The van der Waals surface area contributed by atoms with E-state index in [2.05, 4.69) is 5.32 Å². The van der Waals surface area contributed by atoms with Gasteiger partial charge in [0, 0.05) is 13.7 Å². The Balaban J connectivity index is 2.73. The van der Waals surface area contributed by atoms with Crippen LogP contribution < -0.4 is 5.32 Å². The Morgan fingerprint density at radius 3 is 2.92 bits per heavy atom. The van der Waals surface area contributed by atoms with E-state index in [1.807, 2.05) is 6.07 Å². The fraction of sp³-hybridized carbons (Fsp3) is 0.778. The minimum atomic E-state index is -0.873. The largest absolute Gasteiger partial charge is 0.364 e. The molecule has 0 aromatic rings. The molecule has 1 saturated heterocycles. The van der Waals surface area contributed by atoms with Crippen molar-refractivity contribution in [3.63, 3.8) is 0 Å². The molecule has 0 spiro atoms. The lowest BCUT2D eigenvalue weighted by Gasteiger charge is -2.33. The maximum absolute atomic E-state index is 11.5. The van der Waals surface area contributed by atoms with Crippen molar-refractivity contribution in [1.82, 2.24) is 5.32 Å². The van der Waals surface area contributed by atoms with E-state index < -0.39 is 5.60 Å². The summed E-state index contributed by atoms with van der Waals surface area (Å²) in [6.07, 6.45) is 2.73. The molecule has 72 valence electrons. The molecule has 0 aromatic carbocycles. The van der Waals surface area contributed by atoms with Crippen LogP contribution in [0.15, 0.2) is 0 Å². The lowest BCUT2D eigenvalue weighted by atomic mass is 9.90. The van der Waals surface area contributed by atoms with E-state index in [4.69, 9.17) is 10.00 Å². The van der Waals surface area contributed by atoms with Crippen molar-refractivity contribution in [1.29, 1.82) is 5.26 Å². The molecular formula is C9H14N2O2. The quantitative estimate of drug-likeness (QED) is 0.679. The second-order valence-corrected chi connectivity index (χ2v) is 3.21. The van der Waals surface area contributed by atoms with Crippen molar-refractivity contribution in [3.8, 4) is 6.07 Å². The minimum Gasteiger partial charge on any atom is -0.364 e. The van der Waals surface area contributed by atoms with Gasteiger partial charge in [-0.3, -0.25) is 4.79 Å². The molecule has 1 atom stereocenters. The number of rotatable bonds is 2. The molecule has 13 heavy (non-hydrogen) atoms. The van der Waals surface area contributed by atoms with Crippen LogP contribution in [-0.4, -0.2) is 25.2 Å². The smallest absolute Gasteiger partial charge is 0.253 e. The second-order valence-electron chi connectivity index (χ2n) is 3.21. The van der Waals surface area contributed by atoms with Gasteiger partial charge >= 0.3 is 0 Å². The van der Waals surface area contributed by atoms with Crippen LogP contribution in [0.25, 0.3) is 0 Å². The maximum Gasteiger partial charge on any atom is 0.253 e. The van der Waals surface area contributed by atoms with Crippen LogP contribution >= 0.6 is 0 Å². The topological polar surface area (TPSA) is 62.1 Å². The number of nitriles is 1. The minimum absolute atomic E-state index is 0.146. The molecule has 4 nitrogen and oxygen atoms in total. The van der Waals surface area contributed by atoms with E-state index in [1.54, 1.807) is 7.05 Å². The molecule has 0 aliphatic carbocycles. The normalized spacial score (nSPS) is 27.7. The highest BCUT2D eigenvalue weighted by atomic mass is 16.5. The van der Waals surface area contributed by atoms with Gasteiger partial charge in [-0.1, -0.05) is 0 Å². The Hall–Kier alpha value is -1.08. The van der Waals surface area contributed by atoms with Gasteiger partial charge in [0.05, 0.1) is 12.5 Å². The monoisotopic (exact) mass is 182 g/mol. The first-order valence-electron chi connectivity index (χ1n) is 4.48. The molecule has 1 rings (SSSR count). The van der Waals surface area contributed by atoms with E-state index in [9.17, 15) is 4.79 Å². The highest BCUT2D eigenvalue weighted by Gasteiger charge is 2.40. The van der Waals surface area contributed by atoms with E-state index in [0.717, 1.165) is 12.8 Å². The molecule has 0 bridgehead atoms. The van der Waals surface area contributed by atoms with Crippen molar-refractivity contribution in [3.05, 3.63) is 0 Å². The van der Waals surface area contributed by atoms with Crippen molar-refractivity contribution in [2.75, 3.05) is 13.7 Å². The zero-order chi connectivity index (χ0) is 9.73. The van der Waals surface area contributed by atoms with E-state index in [1.165, 1.54) is 0 Å². The Morgan fingerprint density at radius 2 is 2.46 bits per heavy atom. The molecule has 1 unspecified atom stereocenters. The number of hydrogen-bond donors (Lipinski definition) is 1. The molecule has 1 aliphatic heterocycles. The number of likely N-dealkylation sites (N-methyl/N-ethyl adjacent to an activating group) is 1. The number of ether oxygens (including phenoxy) is 1. The van der Waals surface area contributed by atoms with Gasteiger partial charge in [-0.15, -0.1) is 0 Å². The highest BCUT2D eigenvalue weighted by Crippen LogP contribution is 2.28. The summed E-state index contributed by atoms with van der Waals surface area (Å²) >= 11 is 0. The Kier molecular flexibility index (Phi) is 3.26. The summed E-state index contributed by atoms with van der Waals surface area (Å²) in [5.41, 5.74) is -0.873. The van der Waals surface area contributed by atoms with Crippen LogP contribution in [0, 0.1) is 11.3 Å². The molecule has 0 radical (unpaired) electrons. The molecule has 1 amide bonds. The van der Waals surface area contributed by atoms with E-state index >= 15 is 0 Å². The number of carbonyl (C=O) groups excluding carboxylic acids is 1. The van der Waals surface area contributed by atoms with Gasteiger partial charge in [-0.05, 0) is 19.3 Å². The molecule has 1 N–H and O–H groups in total. The van der Waals surface area contributed by atoms with Crippen molar-refractivity contribution >= 4 is 5.91 Å². The number of carbonyl (C=O) groups is 1. The summed E-state index contributed by atoms with van der Waals surface area (Å²) in [5.74, 6) is -0.172. The van der Waals surface area contributed by atoms with Crippen LogP contribution in [-0.2, 0) is 9.53 Å². The lowest BCUT2D eigenvalue weighted by Crippen LogP contribution is -2.49. The SMILES string of the molecule is CNC(=O)C1(CC#N)CCCCO1. The van der Waals surface area contributed by atoms with Crippen LogP contribution in [0.3, 0.4) is 0 Å². The number of nitrogens with zero attached hydrogens (tertiary/aromatic N) is 1. The molecule has 0 aromatic heterocycles. The summed E-state index contributed by atoms with van der Waals surface area (Å²) in [4.78, 5) is 11.5. The van der Waals surface area contributed by atoms with Crippen LogP contribution in [0.2, 0.25) is 0 Å². The first-order chi connectivity index (χ1) is 6.25. The van der Waals surface area contributed by atoms with Gasteiger partial charge < -0.3 is 10.1 Å². The van der Waals surface area contributed by atoms with Gasteiger partial charge in [0.1, 0.15) is 0 Å². The van der Waals surface area contributed by atoms with Crippen LogP contribution in [0.1, 0.15) is 25.7 Å². The zero-order valence-corrected chi connectivity index (χ0v) is 7.80. The van der Waals surface area contributed by atoms with Crippen LogP contribution in [0.4, 0.5) is 0 Å². The second kappa shape index (κ2) is 4.24. The van der Waals surface area contributed by atoms with Gasteiger partial charge in [-0.2, -0.15) is 5.26 Å². The average Bonchev–Trinajstić information content (AvgIpc) is 2.18. The lowest BCUT2D eigenvalue weighted by molar-refractivity contribution is -0.152. The van der Waals surface area contributed by atoms with Crippen molar-refractivity contribution in [2.24, 2.45) is 0 Å². The molecule has 1 fully saturated rings. The average molecular weight is 182 g/mol. The molecule has 0 saturated carbocycles. The third-order valence-electron chi connectivity index (χ3n) is 2.36. The Labute approximate surface area is 77.9 Å². The van der Waals surface area contributed by atoms with Gasteiger partial charge in [-0.25, -0.2) is 0 Å². The summed E-state index contributed by atoms with van der Waals surface area (Å²) in [7, 11) is 1.57. The standard InChI is InChI=1S/C9H14N2O2/c1-11-8(12)9(5-6-10)4-2-3-7-13-9/h2-5,7H2,1H3,(H,11,12). The number of hydrogen-bond acceptors (Lipinski definition) is 3. The fourth-order valence-electron chi connectivity index (χ4n) is 1.61. The first-order valence-corrected chi connectivity index (χ1v) is 4.48. The Bertz CT molecular complexity index is 226. The molecule has 4 heteroatoms.